The van der Waals surface area contributed by atoms with Gasteiger partial charge in [-0.1, -0.05) is 12.8 Å². The number of anilines is 1. The van der Waals surface area contributed by atoms with Gasteiger partial charge in [-0.2, -0.15) is 0 Å². The maximum absolute atomic E-state index is 12.0. The SMILES string of the molecule is CN(C(=O)NC1CCCC1)c1ccc(C(=O)O)cc1. The highest BCUT2D eigenvalue weighted by Gasteiger charge is 2.19. The molecular formula is C14H18N2O3. The van der Waals surface area contributed by atoms with Crippen LogP contribution in [0.15, 0.2) is 24.3 Å². The molecule has 2 N–H and O–H groups in total. The van der Waals surface area contributed by atoms with Crippen molar-refractivity contribution in [1.82, 2.24) is 5.32 Å². The Bertz CT molecular complexity index is 464. The molecule has 0 atom stereocenters. The third-order valence-electron chi connectivity index (χ3n) is 3.49. The topological polar surface area (TPSA) is 69.6 Å². The summed E-state index contributed by atoms with van der Waals surface area (Å²) in [6, 6.07) is 6.40. The second-order valence-electron chi connectivity index (χ2n) is 4.84. The van der Waals surface area contributed by atoms with Crippen LogP contribution in [0.4, 0.5) is 10.5 Å². The molecule has 1 aliphatic rings. The van der Waals surface area contributed by atoms with Gasteiger partial charge in [0, 0.05) is 18.8 Å². The maximum Gasteiger partial charge on any atom is 0.335 e. The van der Waals surface area contributed by atoms with Crippen LogP contribution in [0, 0.1) is 0 Å². The summed E-state index contributed by atoms with van der Waals surface area (Å²) < 4.78 is 0. The van der Waals surface area contributed by atoms with E-state index in [2.05, 4.69) is 5.32 Å². The largest absolute Gasteiger partial charge is 0.478 e. The van der Waals surface area contributed by atoms with Gasteiger partial charge in [-0.25, -0.2) is 9.59 Å². The number of rotatable bonds is 3. The number of benzene rings is 1. The molecule has 1 aromatic rings. The molecule has 1 fully saturated rings. The number of hydrogen-bond donors (Lipinski definition) is 2. The third-order valence-corrected chi connectivity index (χ3v) is 3.49. The molecule has 102 valence electrons. The molecular weight excluding hydrogens is 244 g/mol. The van der Waals surface area contributed by atoms with Crippen molar-refractivity contribution in [2.75, 3.05) is 11.9 Å². The van der Waals surface area contributed by atoms with Crippen molar-refractivity contribution in [3.05, 3.63) is 29.8 Å². The molecule has 0 saturated heterocycles. The molecule has 0 spiro atoms. The van der Waals surface area contributed by atoms with E-state index < -0.39 is 5.97 Å². The Balaban J connectivity index is 1.99. The van der Waals surface area contributed by atoms with Crippen molar-refractivity contribution in [2.24, 2.45) is 0 Å². The van der Waals surface area contributed by atoms with Crippen LogP contribution >= 0.6 is 0 Å². The van der Waals surface area contributed by atoms with Crippen LogP contribution in [0.2, 0.25) is 0 Å². The van der Waals surface area contributed by atoms with Gasteiger partial charge in [0.25, 0.3) is 0 Å². The fourth-order valence-electron chi connectivity index (χ4n) is 2.29. The molecule has 0 heterocycles. The summed E-state index contributed by atoms with van der Waals surface area (Å²) in [7, 11) is 1.68. The van der Waals surface area contributed by atoms with Crippen LogP contribution in [0.5, 0.6) is 0 Å². The monoisotopic (exact) mass is 262 g/mol. The van der Waals surface area contributed by atoms with Crippen molar-refractivity contribution < 1.29 is 14.7 Å². The molecule has 0 aromatic heterocycles. The van der Waals surface area contributed by atoms with Crippen LogP contribution < -0.4 is 10.2 Å². The average molecular weight is 262 g/mol. The second kappa shape index (κ2) is 5.73. The molecule has 5 nitrogen and oxygen atoms in total. The molecule has 0 bridgehead atoms. The van der Waals surface area contributed by atoms with Gasteiger partial charge >= 0.3 is 12.0 Å². The van der Waals surface area contributed by atoms with Crippen molar-refractivity contribution in [3.63, 3.8) is 0 Å². The minimum absolute atomic E-state index is 0.144. The standard InChI is InChI=1S/C14H18N2O3/c1-16(14(19)15-11-4-2-3-5-11)12-8-6-10(7-9-12)13(17)18/h6-9,11H,2-5H2,1H3,(H,15,19)(H,17,18). The van der Waals surface area contributed by atoms with E-state index in [9.17, 15) is 9.59 Å². The lowest BCUT2D eigenvalue weighted by Gasteiger charge is -2.21. The fourth-order valence-corrected chi connectivity index (χ4v) is 2.29. The number of carbonyl (C=O) groups is 2. The Morgan fingerprint density at radius 2 is 1.79 bits per heavy atom. The Hall–Kier alpha value is -2.04. The van der Waals surface area contributed by atoms with Gasteiger partial charge < -0.3 is 10.4 Å². The predicted octanol–water partition coefficient (Wildman–Crippen LogP) is 2.47. The summed E-state index contributed by atoms with van der Waals surface area (Å²) in [5, 5.41) is 11.8. The lowest BCUT2D eigenvalue weighted by molar-refractivity contribution is 0.0697. The van der Waals surface area contributed by atoms with Crippen LogP contribution in [0.3, 0.4) is 0 Å². The quantitative estimate of drug-likeness (QED) is 0.879. The van der Waals surface area contributed by atoms with E-state index in [0.717, 1.165) is 12.8 Å². The molecule has 0 radical (unpaired) electrons. The summed E-state index contributed by atoms with van der Waals surface area (Å²) in [5.41, 5.74) is 0.897. The third kappa shape index (κ3) is 3.24. The first kappa shape index (κ1) is 13.4. The summed E-state index contributed by atoms with van der Waals surface area (Å²) in [6.45, 7) is 0. The zero-order valence-corrected chi connectivity index (χ0v) is 10.9. The minimum atomic E-state index is -0.968. The lowest BCUT2D eigenvalue weighted by atomic mass is 10.2. The van der Waals surface area contributed by atoms with Crippen molar-refractivity contribution >= 4 is 17.7 Å². The first-order valence-corrected chi connectivity index (χ1v) is 6.45. The Kier molecular flexibility index (Phi) is 4.04. The van der Waals surface area contributed by atoms with Crippen molar-refractivity contribution in [2.45, 2.75) is 31.7 Å². The van der Waals surface area contributed by atoms with E-state index in [-0.39, 0.29) is 17.6 Å². The highest BCUT2D eigenvalue weighted by Crippen LogP contribution is 2.19. The molecule has 1 saturated carbocycles. The molecule has 1 aliphatic carbocycles. The lowest BCUT2D eigenvalue weighted by Crippen LogP contribution is -2.42. The smallest absolute Gasteiger partial charge is 0.335 e. The van der Waals surface area contributed by atoms with Crippen LogP contribution in [0.1, 0.15) is 36.0 Å². The van der Waals surface area contributed by atoms with E-state index in [0.29, 0.717) is 5.69 Å². The summed E-state index contributed by atoms with van der Waals surface area (Å²) in [4.78, 5) is 24.3. The Morgan fingerprint density at radius 3 is 2.32 bits per heavy atom. The highest BCUT2D eigenvalue weighted by molar-refractivity contribution is 5.93. The molecule has 2 amide bonds. The molecule has 2 rings (SSSR count). The zero-order valence-electron chi connectivity index (χ0n) is 10.9. The zero-order chi connectivity index (χ0) is 13.8. The summed E-state index contributed by atoms with van der Waals surface area (Å²) >= 11 is 0. The average Bonchev–Trinajstić information content (AvgIpc) is 2.90. The predicted molar refractivity (Wildman–Crippen MR) is 72.6 cm³/mol. The molecule has 5 heteroatoms. The normalized spacial score (nSPS) is 15.2. The summed E-state index contributed by atoms with van der Waals surface area (Å²) in [6.07, 6.45) is 4.42. The minimum Gasteiger partial charge on any atom is -0.478 e. The fraction of sp³-hybridized carbons (Fsp3) is 0.429. The van der Waals surface area contributed by atoms with Gasteiger partial charge in [0.15, 0.2) is 0 Å². The number of nitrogens with zero attached hydrogens (tertiary/aromatic N) is 1. The van der Waals surface area contributed by atoms with Gasteiger partial charge in [-0.05, 0) is 37.1 Å². The van der Waals surface area contributed by atoms with Crippen molar-refractivity contribution in [1.29, 1.82) is 0 Å². The molecule has 0 aliphatic heterocycles. The first-order valence-electron chi connectivity index (χ1n) is 6.45. The summed E-state index contributed by atoms with van der Waals surface area (Å²) in [5.74, 6) is -0.968. The van der Waals surface area contributed by atoms with Crippen LogP contribution in [-0.2, 0) is 0 Å². The van der Waals surface area contributed by atoms with E-state index in [1.807, 2.05) is 0 Å². The number of aromatic carboxylic acids is 1. The number of urea groups is 1. The number of carbonyl (C=O) groups excluding carboxylic acids is 1. The number of carboxylic acid groups (broad SMARTS) is 1. The highest BCUT2D eigenvalue weighted by atomic mass is 16.4. The van der Waals surface area contributed by atoms with Gasteiger partial charge in [0.2, 0.25) is 0 Å². The molecule has 19 heavy (non-hydrogen) atoms. The Labute approximate surface area is 112 Å². The van der Waals surface area contributed by atoms with Gasteiger partial charge in [0.1, 0.15) is 0 Å². The maximum atomic E-state index is 12.0. The second-order valence-corrected chi connectivity index (χ2v) is 4.84. The van der Waals surface area contributed by atoms with Crippen molar-refractivity contribution in [3.8, 4) is 0 Å². The number of nitrogens with one attached hydrogen (secondary N) is 1. The molecule has 0 unspecified atom stereocenters. The first-order chi connectivity index (χ1) is 9.08. The van der Waals surface area contributed by atoms with Gasteiger partial charge in [0.05, 0.1) is 5.56 Å². The number of carboxylic acids is 1. The number of amides is 2. The van der Waals surface area contributed by atoms with E-state index in [1.54, 1.807) is 19.2 Å². The van der Waals surface area contributed by atoms with Gasteiger partial charge in [-0.3, -0.25) is 4.90 Å². The van der Waals surface area contributed by atoms with E-state index in [4.69, 9.17) is 5.11 Å². The van der Waals surface area contributed by atoms with Gasteiger partial charge in [-0.15, -0.1) is 0 Å². The van der Waals surface area contributed by atoms with E-state index >= 15 is 0 Å². The van der Waals surface area contributed by atoms with Crippen LogP contribution in [0.25, 0.3) is 0 Å². The van der Waals surface area contributed by atoms with E-state index in [1.165, 1.54) is 29.9 Å². The number of hydrogen-bond acceptors (Lipinski definition) is 2. The van der Waals surface area contributed by atoms with Crippen LogP contribution in [-0.4, -0.2) is 30.2 Å². The Morgan fingerprint density at radius 1 is 1.21 bits per heavy atom. The molecule has 1 aromatic carbocycles.